The molecule has 100 valence electrons. The van der Waals surface area contributed by atoms with Crippen LogP contribution in [0.25, 0.3) is 0 Å². The number of hydrogen-bond donors (Lipinski definition) is 0. The molecule has 1 aromatic heterocycles. The third kappa shape index (κ3) is 2.76. The fourth-order valence-corrected chi connectivity index (χ4v) is 2.40. The molecule has 0 atom stereocenters. The minimum Gasteiger partial charge on any atom is -0.539 e. The summed E-state index contributed by atoms with van der Waals surface area (Å²) in [7, 11) is 0. The topological polar surface area (TPSA) is 58.4 Å². The fourth-order valence-electron chi connectivity index (χ4n) is 2.40. The van der Waals surface area contributed by atoms with Crippen molar-refractivity contribution in [1.82, 2.24) is 15.0 Å². The van der Waals surface area contributed by atoms with Gasteiger partial charge in [-0.05, 0) is 5.92 Å². The molecule has 4 heterocycles. The smallest absolute Gasteiger partial charge is 0.539 e. The van der Waals surface area contributed by atoms with Crippen LogP contribution in [0.4, 0.5) is 0 Å². The van der Waals surface area contributed by atoms with Crippen molar-refractivity contribution in [3.63, 3.8) is 0 Å². The van der Waals surface area contributed by atoms with E-state index in [0.29, 0.717) is 31.3 Å². The Kier molecular flexibility index (Phi) is 4.15. The molecular weight excluding hydrogens is 240 g/mol. The van der Waals surface area contributed by atoms with Crippen molar-refractivity contribution in [1.29, 1.82) is 0 Å². The summed E-state index contributed by atoms with van der Waals surface area (Å²) in [6.07, 6.45) is 1.87. The van der Waals surface area contributed by atoms with E-state index in [0.717, 1.165) is 6.54 Å². The molecule has 0 N–H and O–H groups in total. The third-order valence-corrected chi connectivity index (χ3v) is 3.42. The van der Waals surface area contributed by atoms with Crippen LogP contribution in [0, 0.1) is 11.3 Å². The average Bonchev–Trinajstić information content (AvgIpc) is 2.79. The van der Waals surface area contributed by atoms with E-state index in [-0.39, 0.29) is 24.3 Å². The molecule has 0 aromatic carbocycles. The molecule has 3 aliphatic rings. The van der Waals surface area contributed by atoms with Gasteiger partial charge >= 0.3 is 25.6 Å². The second-order valence-electron chi connectivity index (χ2n) is 6.15. The molecule has 0 unspecified atom stereocenters. The molecule has 19 heavy (non-hydrogen) atoms. The van der Waals surface area contributed by atoms with Crippen LogP contribution in [0.1, 0.15) is 20.8 Å². The Morgan fingerprint density at radius 2 is 1.89 bits per heavy atom. The van der Waals surface area contributed by atoms with E-state index in [9.17, 15) is 0 Å². The first-order valence-electron chi connectivity index (χ1n) is 6.47. The Bertz CT molecular complexity index is 430. The van der Waals surface area contributed by atoms with E-state index in [4.69, 9.17) is 14.0 Å². The van der Waals surface area contributed by atoms with E-state index in [1.165, 1.54) is 0 Å². The van der Waals surface area contributed by atoms with Crippen LogP contribution >= 0.6 is 0 Å². The van der Waals surface area contributed by atoms with Crippen molar-refractivity contribution in [3.8, 4) is 0 Å². The maximum atomic E-state index is 5.77. The Hall–Kier alpha value is -0.318. The van der Waals surface area contributed by atoms with Gasteiger partial charge in [0.2, 0.25) is 0 Å². The molecule has 0 spiro atoms. The van der Waals surface area contributed by atoms with Gasteiger partial charge in [-0.3, -0.25) is 4.68 Å². The third-order valence-electron chi connectivity index (χ3n) is 3.42. The van der Waals surface area contributed by atoms with Crippen molar-refractivity contribution in [2.75, 3.05) is 19.8 Å². The van der Waals surface area contributed by atoms with E-state index in [1.807, 2.05) is 10.9 Å². The van der Waals surface area contributed by atoms with E-state index in [2.05, 4.69) is 31.1 Å². The summed E-state index contributed by atoms with van der Waals surface area (Å²) in [5, 5.41) is 8.25. The number of aromatic nitrogens is 3. The van der Waals surface area contributed by atoms with Gasteiger partial charge in [-0.25, -0.2) is 0 Å². The van der Waals surface area contributed by atoms with Crippen LogP contribution in [-0.2, 0) is 20.5 Å². The number of hydrogen-bond acceptors (Lipinski definition) is 5. The second kappa shape index (κ2) is 5.23. The molecule has 0 aliphatic carbocycles. The Morgan fingerprint density at radius 1 is 1.32 bits per heavy atom. The van der Waals surface area contributed by atoms with Gasteiger partial charge in [-0.15, -0.1) is 0 Å². The van der Waals surface area contributed by atoms with Crippen molar-refractivity contribution >= 4 is 12.3 Å². The molecule has 3 aliphatic heterocycles. The molecule has 0 amide bonds. The van der Waals surface area contributed by atoms with Crippen LogP contribution in [0.15, 0.2) is 6.20 Å². The molecule has 3 saturated heterocycles. The minimum atomic E-state index is -1.85. The van der Waals surface area contributed by atoms with Crippen molar-refractivity contribution < 1.29 is 32.8 Å². The Balaban J connectivity index is 0.00000133. The summed E-state index contributed by atoms with van der Waals surface area (Å²) >= 11 is 0. The molecule has 2 bridgehead atoms. The van der Waals surface area contributed by atoms with Crippen LogP contribution in [0.5, 0.6) is 0 Å². The molecule has 4 rings (SSSR count). The summed E-state index contributed by atoms with van der Waals surface area (Å²) in [6.45, 7) is 7.32. The molecule has 0 saturated carbocycles. The maximum absolute atomic E-state index is 5.77. The standard InChI is InChI=1S/C11H19BN3O3.Li/c1-9(2)4-15-5-10(13-14-15)12-16-6-11(3,7-17-12)8-18-12;/h5,9H,4,6-8H2,1-3H3;/q-1;+1. The van der Waals surface area contributed by atoms with Crippen LogP contribution < -0.4 is 24.5 Å². The van der Waals surface area contributed by atoms with Gasteiger partial charge in [0.1, 0.15) is 0 Å². The van der Waals surface area contributed by atoms with Crippen molar-refractivity contribution in [3.05, 3.63) is 6.20 Å². The Labute approximate surface area is 125 Å². The van der Waals surface area contributed by atoms with Gasteiger partial charge in [0.25, 0.3) is 0 Å². The van der Waals surface area contributed by atoms with Gasteiger partial charge < -0.3 is 14.0 Å². The van der Waals surface area contributed by atoms with Gasteiger partial charge in [0.15, 0.2) is 0 Å². The quantitative estimate of drug-likeness (QED) is 0.547. The van der Waals surface area contributed by atoms with Gasteiger partial charge in [-0.1, -0.05) is 26.0 Å². The Morgan fingerprint density at radius 3 is 2.42 bits per heavy atom. The van der Waals surface area contributed by atoms with Gasteiger partial charge in [0.05, 0.1) is 0 Å². The summed E-state index contributed by atoms with van der Waals surface area (Å²) in [4.78, 5) is 0. The van der Waals surface area contributed by atoms with Gasteiger partial charge in [-0.2, -0.15) is 5.10 Å². The molecule has 8 heteroatoms. The molecule has 6 nitrogen and oxygen atoms in total. The summed E-state index contributed by atoms with van der Waals surface area (Å²) in [6, 6.07) is 0. The number of fused-ring (bicyclic) bond motifs is 3. The first-order chi connectivity index (χ1) is 8.51. The zero-order valence-corrected chi connectivity index (χ0v) is 12.1. The average molecular weight is 259 g/mol. The predicted molar refractivity (Wildman–Crippen MR) is 66.2 cm³/mol. The maximum Gasteiger partial charge on any atom is 1.00 e. The molecule has 0 radical (unpaired) electrons. The monoisotopic (exact) mass is 259 g/mol. The largest absolute Gasteiger partial charge is 1.00 e. The van der Waals surface area contributed by atoms with Gasteiger partial charge in [0, 0.05) is 43.6 Å². The number of nitrogens with zero attached hydrogens (tertiary/aromatic N) is 3. The molecule has 1 aromatic rings. The van der Waals surface area contributed by atoms with E-state index >= 15 is 0 Å². The minimum absolute atomic E-state index is 0. The number of rotatable bonds is 3. The molecule has 3 fully saturated rings. The summed E-state index contributed by atoms with van der Waals surface area (Å²) in [5.41, 5.74) is 0.648. The second-order valence-corrected chi connectivity index (χ2v) is 6.15. The summed E-state index contributed by atoms with van der Waals surface area (Å²) in [5.74, 6) is 0.522. The van der Waals surface area contributed by atoms with E-state index in [1.54, 1.807) is 0 Å². The zero-order valence-electron chi connectivity index (χ0n) is 12.1. The van der Waals surface area contributed by atoms with Crippen LogP contribution in [0.2, 0.25) is 0 Å². The fraction of sp³-hybridized carbons (Fsp3) is 0.818. The van der Waals surface area contributed by atoms with Crippen LogP contribution in [0.3, 0.4) is 0 Å². The zero-order chi connectivity index (χ0) is 12.8. The van der Waals surface area contributed by atoms with Crippen molar-refractivity contribution in [2.45, 2.75) is 27.3 Å². The first-order valence-corrected chi connectivity index (χ1v) is 6.47. The molecular formula is C11H19BLiN3O3. The van der Waals surface area contributed by atoms with E-state index < -0.39 is 6.75 Å². The summed E-state index contributed by atoms with van der Waals surface area (Å²) < 4.78 is 19.1. The normalized spacial score (nSPS) is 33.5. The predicted octanol–water partition coefficient (Wildman–Crippen LogP) is -2.83. The van der Waals surface area contributed by atoms with Crippen molar-refractivity contribution in [2.24, 2.45) is 11.3 Å². The first kappa shape index (κ1) is 15.1. The SMILES string of the molecule is CC(C)Cn1cc([B-]23OCC(C)(CO2)CO3)nn1.[Li+]. The van der Waals surface area contributed by atoms with Crippen LogP contribution in [-0.4, -0.2) is 41.6 Å².